The Morgan fingerprint density at radius 1 is 1.12 bits per heavy atom. The summed E-state index contributed by atoms with van der Waals surface area (Å²) < 4.78 is 11.7. The number of ether oxygens (including phenoxy) is 2. The minimum Gasteiger partial charge on any atom is -0.493 e. The Bertz CT molecular complexity index is 786. The monoisotopic (exact) mass is 383 g/mol. The summed E-state index contributed by atoms with van der Waals surface area (Å²) in [5, 5.41) is 4.99. The lowest BCUT2D eigenvalue weighted by atomic mass is 9.89. The van der Waals surface area contributed by atoms with E-state index in [2.05, 4.69) is 11.4 Å². The summed E-state index contributed by atoms with van der Waals surface area (Å²) in [6.07, 6.45) is 1.18. The molecule has 2 aromatic carbocycles. The number of halogens is 3. The molecule has 2 aliphatic heterocycles. The summed E-state index contributed by atoms with van der Waals surface area (Å²) in [6.45, 7) is 1.87. The van der Waals surface area contributed by atoms with Gasteiger partial charge in [0.25, 0.3) is 0 Å². The Hall–Kier alpha value is -1.13. The van der Waals surface area contributed by atoms with Crippen LogP contribution in [-0.2, 0) is 0 Å². The highest BCUT2D eigenvalue weighted by molar-refractivity contribution is 6.41. The second kappa shape index (κ2) is 6.30. The average Bonchev–Trinajstić information content (AvgIpc) is 2.92. The Balaban J connectivity index is 1.88. The fourth-order valence-corrected chi connectivity index (χ4v) is 4.61. The van der Waals surface area contributed by atoms with Gasteiger partial charge in [0.2, 0.25) is 0 Å². The molecule has 3 nitrogen and oxygen atoms in total. The zero-order valence-electron chi connectivity index (χ0n) is 13.0. The first-order chi connectivity index (χ1) is 11.6. The van der Waals surface area contributed by atoms with E-state index in [1.807, 2.05) is 6.07 Å². The van der Waals surface area contributed by atoms with Gasteiger partial charge in [-0.1, -0.05) is 34.8 Å². The Kier molecular flexibility index (Phi) is 4.29. The van der Waals surface area contributed by atoms with Crippen LogP contribution >= 0.6 is 34.8 Å². The second-order valence-corrected chi connectivity index (χ2v) is 7.35. The van der Waals surface area contributed by atoms with Gasteiger partial charge in [-0.2, -0.15) is 0 Å². The molecule has 1 N–H and O–H groups in total. The van der Waals surface area contributed by atoms with Crippen LogP contribution in [0.5, 0.6) is 11.5 Å². The molecule has 0 unspecified atom stereocenters. The van der Waals surface area contributed by atoms with Crippen LogP contribution in [0.3, 0.4) is 0 Å². The second-order valence-electron chi connectivity index (χ2n) is 6.10. The fraction of sp³-hybridized carbons (Fsp3) is 0.333. The van der Waals surface area contributed by atoms with Crippen LogP contribution in [-0.4, -0.2) is 26.3 Å². The van der Waals surface area contributed by atoms with E-state index in [0.29, 0.717) is 26.7 Å². The summed E-state index contributed by atoms with van der Waals surface area (Å²) in [7, 11) is 1.65. The van der Waals surface area contributed by atoms with Crippen molar-refractivity contribution < 1.29 is 9.47 Å². The van der Waals surface area contributed by atoms with Crippen molar-refractivity contribution in [1.82, 2.24) is 5.32 Å². The maximum absolute atomic E-state index is 6.40. The number of nitrogens with one attached hydrogen (secondary N) is 1. The topological polar surface area (TPSA) is 30.5 Å². The summed E-state index contributed by atoms with van der Waals surface area (Å²) in [6, 6.07) is 7.43. The maximum Gasteiger partial charge on any atom is 0.165 e. The summed E-state index contributed by atoms with van der Waals surface area (Å²) in [5.74, 6) is 1.85. The SMILES string of the molecule is COc1cc(-c2c(Cl)cc(Cl)cc2Cl)cc2c1O[C@H]1CCNC[C@@H]21. The molecule has 0 bridgehead atoms. The molecule has 6 heteroatoms. The van der Waals surface area contributed by atoms with Gasteiger partial charge in [-0.15, -0.1) is 0 Å². The molecule has 0 saturated carbocycles. The van der Waals surface area contributed by atoms with Crippen molar-refractivity contribution >= 4 is 34.8 Å². The van der Waals surface area contributed by atoms with Gasteiger partial charge in [-0.05, 0) is 42.8 Å². The van der Waals surface area contributed by atoms with Gasteiger partial charge in [0, 0.05) is 28.6 Å². The number of rotatable bonds is 2. The summed E-state index contributed by atoms with van der Waals surface area (Å²) >= 11 is 18.8. The number of methoxy groups -OCH3 is 1. The van der Waals surface area contributed by atoms with Crippen molar-refractivity contribution in [1.29, 1.82) is 0 Å². The Morgan fingerprint density at radius 2 is 1.88 bits per heavy atom. The molecule has 0 aromatic heterocycles. The van der Waals surface area contributed by atoms with E-state index in [1.54, 1.807) is 19.2 Å². The van der Waals surface area contributed by atoms with Crippen LogP contribution < -0.4 is 14.8 Å². The van der Waals surface area contributed by atoms with E-state index in [9.17, 15) is 0 Å². The lowest BCUT2D eigenvalue weighted by Gasteiger charge is -2.24. The highest BCUT2D eigenvalue weighted by Gasteiger charge is 2.38. The molecule has 2 atom stereocenters. The fourth-order valence-electron chi connectivity index (χ4n) is 3.58. The number of fused-ring (bicyclic) bond motifs is 3. The molecule has 2 heterocycles. The zero-order valence-corrected chi connectivity index (χ0v) is 15.3. The van der Waals surface area contributed by atoms with Crippen molar-refractivity contribution in [3.05, 3.63) is 44.9 Å². The van der Waals surface area contributed by atoms with Gasteiger partial charge in [-0.25, -0.2) is 0 Å². The average molecular weight is 385 g/mol. The molecule has 0 aliphatic carbocycles. The Labute approximate surface area is 155 Å². The minimum absolute atomic E-state index is 0.196. The molecular weight excluding hydrogens is 369 g/mol. The van der Waals surface area contributed by atoms with Gasteiger partial charge < -0.3 is 14.8 Å². The van der Waals surface area contributed by atoms with E-state index in [-0.39, 0.29) is 6.10 Å². The summed E-state index contributed by atoms with van der Waals surface area (Å²) in [4.78, 5) is 0. The predicted octanol–water partition coefficient (Wildman–Crippen LogP) is 5.16. The normalized spacial score (nSPS) is 21.8. The van der Waals surface area contributed by atoms with Crippen molar-refractivity contribution in [2.45, 2.75) is 18.4 Å². The van der Waals surface area contributed by atoms with E-state index >= 15 is 0 Å². The third-order valence-electron chi connectivity index (χ3n) is 4.69. The van der Waals surface area contributed by atoms with Crippen molar-refractivity contribution in [2.24, 2.45) is 0 Å². The van der Waals surface area contributed by atoms with Crippen LogP contribution in [0.4, 0.5) is 0 Å². The molecular formula is C18H16Cl3NO2. The van der Waals surface area contributed by atoms with E-state index in [1.165, 1.54) is 0 Å². The van der Waals surface area contributed by atoms with E-state index in [0.717, 1.165) is 42.0 Å². The quantitative estimate of drug-likeness (QED) is 0.775. The zero-order chi connectivity index (χ0) is 16.8. The first kappa shape index (κ1) is 16.3. The lowest BCUT2D eigenvalue weighted by Crippen LogP contribution is -2.37. The maximum atomic E-state index is 6.40. The van der Waals surface area contributed by atoms with Crippen LogP contribution in [0.25, 0.3) is 11.1 Å². The van der Waals surface area contributed by atoms with Gasteiger partial charge in [0.1, 0.15) is 6.10 Å². The highest BCUT2D eigenvalue weighted by Crippen LogP contribution is 2.49. The molecule has 2 aliphatic rings. The number of benzene rings is 2. The van der Waals surface area contributed by atoms with Crippen LogP contribution in [0.15, 0.2) is 24.3 Å². The standard InChI is InChI=1S/C18H16Cl3NO2/c1-23-16-5-9(17-13(20)6-10(19)7-14(17)21)4-11-12-8-22-3-2-15(12)24-18(11)16/h4-7,12,15,22H,2-3,8H2,1H3/t12-,15-/m0/s1. The molecule has 0 amide bonds. The third kappa shape index (κ3) is 2.64. The highest BCUT2D eigenvalue weighted by atomic mass is 35.5. The first-order valence-electron chi connectivity index (χ1n) is 7.82. The van der Waals surface area contributed by atoms with Gasteiger partial charge >= 0.3 is 0 Å². The molecule has 1 saturated heterocycles. The van der Waals surface area contributed by atoms with E-state index < -0.39 is 0 Å². The molecule has 0 radical (unpaired) electrons. The largest absolute Gasteiger partial charge is 0.493 e. The molecule has 24 heavy (non-hydrogen) atoms. The smallest absolute Gasteiger partial charge is 0.165 e. The van der Waals surface area contributed by atoms with Gasteiger partial charge in [0.05, 0.1) is 17.2 Å². The van der Waals surface area contributed by atoms with Crippen molar-refractivity contribution in [3.63, 3.8) is 0 Å². The molecule has 126 valence electrons. The lowest BCUT2D eigenvalue weighted by molar-refractivity contribution is 0.168. The molecule has 4 rings (SSSR count). The first-order valence-corrected chi connectivity index (χ1v) is 8.96. The third-order valence-corrected chi connectivity index (χ3v) is 5.50. The van der Waals surface area contributed by atoms with Crippen LogP contribution in [0.1, 0.15) is 17.9 Å². The predicted molar refractivity (Wildman–Crippen MR) is 98.1 cm³/mol. The molecule has 1 fully saturated rings. The molecule has 2 aromatic rings. The minimum atomic E-state index is 0.196. The van der Waals surface area contributed by atoms with Gasteiger partial charge in [0.15, 0.2) is 11.5 Å². The summed E-state index contributed by atoms with van der Waals surface area (Å²) in [5.41, 5.74) is 2.81. The van der Waals surface area contributed by atoms with Crippen LogP contribution in [0.2, 0.25) is 15.1 Å². The van der Waals surface area contributed by atoms with Gasteiger partial charge in [-0.3, -0.25) is 0 Å². The number of hydrogen-bond donors (Lipinski definition) is 1. The number of piperidine rings is 1. The van der Waals surface area contributed by atoms with E-state index in [4.69, 9.17) is 44.3 Å². The Morgan fingerprint density at radius 3 is 2.58 bits per heavy atom. The number of hydrogen-bond acceptors (Lipinski definition) is 3. The van der Waals surface area contributed by atoms with Crippen molar-refractivity contribution in [2.75, 3.05) is 20.2 Å². The van der Waals surface area contributed by atoms with Crippen LogP contribution in [0, 0.1) is 0 Å². The molecule has 0 spiro atoms. The van der Waals surface area contributed by atoms with Crippen molar-refractivity contribution in [3.8, 4) is 22.6 Å².